The molecular formula is C43H41ClF3N7O3. The van der Waals surface area contributed by atoms with E-state index in [1.807, 2.05) is 48.7 Å². The lowest BCUT2D eigenvalue weighted by Crippen LogP contribution is -2.40. The smallest absolute Gasteiger partial charge is 0.282 e. The molecule has 3 fully saturated rings. The number of benzene rings is 3. The second-order valence-electron chi connectivity index (χ2n) is 16.3. The average Bonchev–Trinajstić information content (AvgIpc) is 3.42. The van der Waals surface area contributed by atoms with Gasteiger partial charge in [0.15, 0.2) is 0 Å². The number of likely N-dealkylation sites (tertiary alicyclic amines) is 1. The minimum absolute atomic E-state index is 0.0451. The highest BCUT2D eigenvalue weighted by atomic mass is 35.5. The molecule has 14 heteroatoms. The third kappa shape index (κ3) is 6.48. The van der Waals surface area contributed by atoms with Crippen molar-refractivity contribution in [3.05, 3.63) is 122 Å². The topological polar surface area (TPSA) is 113 Å². The number of aromatic nitrogens is 4. The van der Waals surface area contributed by atoms with Gasteiger partial charge in [0.05, 0.1) is 51.0 Å². The summed E-state index contributed by atoms with van der Waals surface area (Å²) in [6, 6.07) is 13.8. The van der Waals surface area contributed by atoms with Gasteiger partial charge in [-0.15, -0.1) is 0 Å². The van der Waals surface area contributed by atoms with Crippen LogP contribution in [0.4, 0.5) is 19.0 Å². The van der Waals surface area contributed by atoms with Crippen LogP contribution in [-0.4, -0.2) is 62.4 Å². The Bertz CT molecular complexity index is 2490. The summed E-state index contributed by atoms with van der Waals surface area (Å²) in [5, 5.41) is 2.86. The molecule has 0 spiro atoms. The van der Waals surface area contributed by atoms with Gasteiger partial charge in [-0.05, 0) is 98.9 Å². The number of carbonyl (C=O) groups excluding carboxylic acids is 2. The summed E-state index contributed by atoms with van der Waals surface area (Å²) in [7, 11) is 0. The molecule has 0 saturated carbocycles. The van der Waals surface area contributed by atoms with Crippen LogP contribution in [0.1, 0.15) is 98.0 Å². The van der Waals surface area contributed by atoms with Crippen molar-refractivity contribution in [3.8, 4) is 5.69 Å². The Kier molecular flexibility index (Phi) is 9.23. The summed E-state index contributed by atoms with van der Waals surface area (Å²) in [6.07, 6.45) is 5.57. The van der Waals surface area contributed by atoms with E-state index in [1.165, 1.54) is 12.1 Å². The van der Waals surface area contributed by atoms with Gasteiger partial charge in [0.1, 0.15) is 28.9 Å². The van der Waals surface area contributed by atoms with Gasteiger partial charge in [0, 0.05) is 44.7 Å². The van der Waals surface area contributed by atoms with Gasteiger partial charge in [-0.1, -0.05) is 29.8 Å². The summed E-state index contributed by atoms with van der Waals surface area (Å²) < 4.78 is 49.2. The van der Waals surface area contributed by atoms with Crippen molar-refractivity contribution in [2.75, 3.05) is 31.1 Å². The molecule has 6 heterocycles. The molecule has 294 valence electrons. The van der Waals surface area contributed by atoms with Crippen LogP contribution >= 0.6 is 11.6 Å². The number of nitrogens with zero attached hydrogens (tertiary/aromatic N) is 6. The molecule has 0 bridgehead atoms. The molecule has 1 N–H and O–H groups in total. The molecule has 10 nitrogen and oxygen atoms in total. The van der Waals surface area contributed by atoms with Crippen molar-refractivity contribution >= 4 is 40.1 Å². The van der Waals surface area contributed by atoms with Crippen molar-refractivity contribution < 1.29 is 22.8 Å². The van der Waals surface area contributed by atoms with E-state index in [-0.39, 0.29) is 29.9 Å². The van der Waals surface area contributed by atoms with Crippen LogP contribution in [0, 0.1) is 11.6 Å². The van der Waals surface area contributed by atoms with Crippen molar-refractivity contribution in [1.82, 2.24) is 29.7 Å². The Morgan fingerprint density at radius 1 is 0.912 bits per heavy atom. The zero-order valence-electron chi connectivity index (χ0n) is 31.6. The summed E-state index contributed by atoms with van der Waals surface area (Å²) in [4.78, 5) is 54.9. The third-order valence-electron chi connectivity index (χ3n) is 12.6. The Hall–Kier alpha value is -5.14. The van der Waals surface area contributed by atoms with E-state index in [9.17, 15) is 14.4 Å². The van der Waals surface area contributed by atoms with Gasteiger partial charge in [-0.3, -0.25) is 34.2 Å². The summed E-state index contributed by atoms with van der Waals surface area (Å²) >= 11 is 6.45. The molecule has 4 aliphatic heterocycles. The molecule has 3 aromatic carbocycles. The first kappa shape index (κ1) is 37.4. The van der Waals surface area contributed by atoms with E-state index in [0.717, 1.165) is 22.8 Å². The van der Waals surface area contributed by atoms with Gasteiger partial charge in [0.25, 0.3) is 5.56 Å². The highest BCUT2D eigenvalue weighted by Crippen LogP contribution is 2.46. The maximum Gasteiger partial charge on any atom is 0.282 e. The quantitative estimate of drug-likeness (QED) is 0.181. The largest absolute Gasteiger partial charge is 0.355 e. The fourth-order valence-electron chi connectivity index (χ4n) is 9.29. The number of rotatable bonds is 6. The van der Waals surface area contributed by atoms with Gasteiger partial charge in [-0.25, -0.2) is 18.2 Å². The van der Waals surface area contributed by atoms with E-state index in [2.05, 4.69) is 30.1 Å². The Labute approximate surface area is 332 Å². The molecule has 0 radical (unpaired) electrons. The van der Waals surface area contributed by atoms with Crippen molar-refractivity contribution in [2.24, 2.45) is 0 Å². The maximum atomic E-state index is 16.8. The summed E-state index contributed by atoms with van der Waals surface area (Å²) in [6.45, 7) is 6.92. The highest BCUT2D eigenvalue weighted by molar-refractivity contribution is 6.35. The number of anilines is 1. The molecule has 2 aromatic heterocycles. The first-order chi connectivity index (χ1) is 27.3. The second kappa shape index (κ2) is 14.1. The van der Waals surface area contributed by atoms with Crippen LogP contribution in [0.2, 0.25) is 5.02 Å². The van der Waals surface area contributed by atoms with Crippen molar-refractivity contribution in [3.63, 3.8) is 0 Å². The van der Waals surface area contributed by atoms with Crippen molar-refractivity contribution in [1.29, 1.82) is 0 Å². The average molecular weight is 796 g/mol. The fourth-order valence-corrected chi connectivity index (χ4v) is 9.54. The molecule has 0 aliphatic carbocycles. The Balaban J connectivity index is 0.825. The standard InChI is InChI=1S/C43H41ClF3N7O3/c1-42(2)29-8-6-26(20-34(29)54-33-5-3-4-30(44)38(33)40(57)51-41(42)54)43(47)12-16-52(17-13-43)23-27-21-49-35(22-48-27)53-14-10-24(11-15-53)25-18-31(45)37(32(46)19-25)28-7-9-36(55)50-39(28)56/h3-6,8,18-22,24,28H,7,9-17,23H2,1-2H3,(H,50,55,56). The number of amides is 2. The molecule has 2 amide bonds. The third-order valence-corrected chi connectivity index (χ3v) is 12.9. The number of hydrogen-bond acceptors (Lipinski definition) is 8. The number of fused-ring (bicyclic) bond motifs is 5. The van der Waals surface area contributed by atoms with E-state index in [4.69, 9.17) is 11.6 Å². The van der Waals surface area contributed by atoms with Crippen LogP contribution in [0.5, 0.6) is 0 Å². The number of halogens is 4. The monoisotopic (exact) mass is 795 g/mol. The molecule has 9 rings (SSSR count). The molecule has 4 aliphatic rings. The molecule has 57 heavy (non-hydrogen) atoms. The van der Waals surface area contributed by atoms with Gasteiger partial charge < -0.3 is 4.90 Å². The van der Waals surface area contributed by atoms with E-state index in [0.29, 0.717) is 91.3 Å². The molecule has 1 unspecified atom stereocenters. The Morgan fingerprint density at radius 2 is 1.65 bits per heavy atom. The molecule has 5 aromatic rings. The SMILES string of the molecule is CC1(C)c2ccc(C3(F)CCN(Cc4cnc(N5CCC(c6cc(F)c(C7CCC(=O)NC7=O)c(F)c6)CC5)cn4)CC3)cc2-n2c1nc(=O)c1c(Cl)cccc12. The van der Waals surface area contributed by atoms with Crippen LogP contribution in [0.25, 0.3) is 16.6 Å². The lowest BCUT2D eigenvalue weighted by Gasteiger charge is -2.37. The lowest BCUT2D eigenvalue weighted by molar-refractivity contribution is -0.134. The Morgan fingerprint density at radius 3 is 2.33 bits per heavy atom. The predicted octanol–water partition coefficient (Wildman–Crippen LogP) is 7.11. The normalized spacial score (nSPS) is 20.7. The summed E-state index contributed by atoms with van der Waals surface area (Å²) in [5.41, 5.74) is 1.65. The highest BCUT2D eigenvalue weighted by Gasteiger charge is 2.42. The second-order valence-corrected chi connectivity index (χ2v) is 16.7. The van der Waals surface area contributed by atoms with E-state index < -0.39 is 40.5 Å². The maximum absolute atomic E-state index is 16.8. The van der Waals surface area contributed by atoms with E-state index in [1.54, 1.807) is 18.5 Å². The number of piperidine rings is 3. The first-order valence-electron chi connectivity index (χ1n) is 19.5. The molecule has 3 saturated heterocycles. The first-order valence-corrected chi connectivity index (χ1v) is 19.9. The fraction of sp³-hybridized carbons (Fsp3) is 0.395. The molecule has 1 atom stereocenters. The van der Waals surface area contributed by atoms with Crippen LogP contribution in [0.15, 0.2) is 65.7 Å². The number of imide groups is 1. The predicted molar refractivity (Wildman–Crippen MR) is 209 cm³/mol. The summed E-state index contributed by atoms with van der Waals surface area (Å²) in [5.74, 6) is -2.37. The lowest BCUT2D eigenvalue weighted by atomic mass is 9.81. The minimum Gasteiger partial charge on any atom is -0.355 e. The number of nitrogens with one attached hydrogen (secondary N) is 1. The number of alkyl halides is 1. The zero-order valence-corrected chi connectivity index (χ0v) is 32.4. The van der Waals surface area contributed by atoms with Crippen LogP contribution in [-0.2, 0) is 27.2 Å². The van der Waals surface area contributed by atoms with Crippen LogP contribution in [0.3, 0.4) is 0 Å². The van der Waals surface area contributed by atoms with Crippen molar-refractivity contribution in [2.45, 2.75) is 81.8 Å². The minimum atomic E-state index is -1.53. The van der Waals surface area contributed by atoms with Crippen LogP contribution < -0.4 is 15.8 Å². The van der Waals surface area contributed by atoms with E-state index >= 15 is 13.2 Å². The molecular weight excluding hydrogens is 755 g/mol. The number of hydrogen-bond donors (Lipinski definition) is 1. The zero-order chi connectivity index (χ0) is 39.8. The van der Waals surface area contributed by atoms with Gasteiger partial charge in [-0.2, -0.15) is 4.98 Å². The number of carbonyl (C=O) groups is 2. The van der Waals surface area contributed by atoms with Gasteiger partial charge >= 0.3 is 0 Å². The van der Waals surface area contributed by atoms with Gasteiger partial charge in [0.2, 0.25) is 11.8 Å².